The molecule has 1 aromatic carbocycles. The van der Waals surface area contributed by atoms with Gasteiger partial charge in [0.2, 0.25) is 0 Å². The van der Waals surface area contributed by atoms with Gasteiger partial charge < -0.3 is 14.5 Å². The van der Waals surface area contributed by atoms with Gasteiger partial charge in [-0.25, -0.2) is 0 Å². The highest BCUT2D eigenvalue weighted by atomic mass is 16.5. The first-order chi connectivity index (χ1) is 10.3. The van der Waals surface area contributed by atoms with Crippen LogP contribution in [0.2, 0.25) is 0 Å². The van der Waals surface area contributed by atoms with Crippen molar-refractivity contribution >= 4 is 5.91 Å². The van der Waals surface area contributed by atoms with Crippen molar-refractivity contribution in [3.63, 3.8) is 0 Å². The number of carbonyl (C=O) groups excluding carboxylic acids is 1. The Morgan fingerprint density at radius 1 is 1.14 bits per heavy atom. The molecular formula is C17H23N2O2. The molecule has 0 saturated carbocycles. The van der Waals surface area contributed by atoms with Crippen LogP contribution in [-0.4, -0.2) is 54.5 Å². The highest BCUT2D eigenvalue weighted by molar-refractivity contribution is 5.77. The van der Waals surface area contributed by atoms with E-state index in [1.165, 1.54) is 25.9 Å². The minimum Gasteiger partial charge on any atom is -0.484 e. The van der Waals surface area contributed by atoms with Crippen LogP contribution in [-0.2, 0) is 4.79 Å². The average Bonchev–Trinajstić information content (AvgIpc) is 3.08. The molecular weight excluding hydrogens is 264 g/mol. The van der Waals surface area contributed by atoms with Gasteiger partial charge in [0, 0.05) is 19.1 Å². The summed E-state index contributed by atoms with van der Waals surface area (Å²) in [4.78, 5) is 16.7. The van der Waals surface area contributed by atoms with Crippen LogP contribution in [0.5, 0.6) is 5.75 Å². The fourth-order valence-electron chi connectivity index (χ4n) is 3.29. The Hall–Kier alpha value is -1.55. The van der Waals surface area contributed by atoms with E-state index in [4.69, 9.17) is 4.74 Å². The van der Waals surface area contributed by atoms with E-state index in [9.17, 15) is 4.79 Å². The van der Waals surface area contributed by atoms with Gasteiger partial charge in [-0.2, -0.15) is 0 Å². The summed E-state index contributed by atoms with van der Waals surface area (Å²) in [5, 5.41) is 0. The predicted octanol–water partition coefficient (Wildman–Crippen LogP) is 1.95. The number of nitrogens with zero attached hydrogens (tertiary/aromatic N) is 2. The molecule has 0 unspecified atom stereocenters. The lowest BCUT2D eigenvalue weighted by Crippen LogP contribution is -2.47. The molecule has 2 aliphatic heterocycles. The van der Waals surface area contributed by atoms with E-state index >= 15 is 0 Å². The number of piperidine rings is 1. The zero-order valence-corrected chi connectivity index (χ0v) is 12.5. The maximum Gasteiger partial charge on any atom is 0.260 e. The second-order valence-corrected chi connectivity index (χ2v) is 5.88. The Bertz CT molecular complexity index is 449. The van der Waals surface area contributed by atoms with Crippen LogP contribution in [0.15, 0.2) is 24.3 Å². The lowest BCUT2D eigenvalue weighted by atomic mass is 10.0. The van der Waals surface area contributed by atoms with Gasteiger partial charge in [0.25, 0.3) is 5.91 Å². The minimum absolute atomic E-state index is 0.0997. The summed E-state index contributed by atoms with van der Waals surface area (Å²) in [5.41, 5.74) is 0. The van der Waals surface area contributed by atoms with Crippen LogP contribution in [0.25, 0.3) is 0 Å². The Kier molecular flexibility index (Phi) is 4.76. The van der Waals surface area contributed by atoms with Crippen molar-refractivity contribution in [2.24, 2.45) is 0 Å². The molecule has 21 heavy (non-hydrogen) atoms. The Morgan fingerprint density at radius 3 is 2.48 bits per heavy atom. The van der Waals surface area contributed by atoms with Gasteiger partial charge >= 0.3 is 0 Å². The molecule has 3 rings (SSSR count). The lowest BCUT2D eigenvalue weighted by molar-refractivity contribution is -0.134. The molecule has 2 fully saturated rings. The van der Waals surface area contributed by atoms with Gasteiger partial charge in [0.1, 0.15) is 5.75 Å². The number of carbonyl (C=O) groups is 1. The molecule has 0 aromatic heterocycles. The van der Waals surface area contributed by atoms with Crippen molar-refractivity contribution in [3.8, 4) is 5.75 Å². The number of ether oxygens (including phenoxy) is 1. The second-order valence-electron chi connectivity index (χ2n) is 5.88. The quantitative estimate of drug-likeness (QED) is 0.848. The van der Waals surface area contributed by atoms with Crippen molar-refractivity contribution < 1.29 is 9.53 Å². The molecule has 0 N–H and O–H groups in total. The van der Waals surface area contributed by atoms with E-state index < -0.39 is 0 Å². The highest BCUT2D eigenvalue weighted by Crippen LogP contribution is 2.21. The molecule has 1 radical (unpaired) electrons. The summed E-state index contributed by atoms with van der Waals surface area (Å²) in [6, 6.07) is 10.9. The molecule has 2 aliphatic rings. The summed E-state index contributed by atoms with van der Waals surface area (Å²) in [6.07, 6.45) is 4.88. The molecule has 113 valence electrons. The molecule has 0 atom stereocenters. The number of likely N-dealkylation sites (tertiary alicyclic amines) is 2. The first kappa shape index (κ1) is 14.4. The number of hydrogen-bond acceptors (Lipinski definition) is 3. The molecule has 4 heteroatoms. The third kappa shape index (κ3) is 3.76. The third-order valence-corrected chi connectivity index (χ3v) is 4.52. The third-order valence-electron chi connectivity index (χ3n) is 4.52. The van der Waals surface area contributed by atoms with Crippen molar-refractivity contribution in [2.45, 2.75) is 31.7 Å². The number of rotatable bonds is 4. The van der Waals surface area contributed by atoms with E-state index in [0.717, 1.165) is 31.7 Å². The van der Waals surface area contributed by atoms with Gasteiger partial charge in [-0.1, -0.05) is 12.1 Å². The summed E-state index contributed by atoms with van der Waals surface area (Å²) in [5.74, 6) is 0.830. The molecule has 1 amide bonds. The molecule has 0 spiro atoms. The monoisotopic (exact) mass is 287 g/mol. The molecule has 2 saturated heterocycles. The fraction of sp³-hybridized carbons (Fsp3) is 0.588. The first-order valence-electron chi connectivity index (χ1n) is 7.94. The fourth-order valence-corrected chi connectivity index (χ4v) is 3.29. The van der Waals surface area contributed by atoms with Crippen molar-refractivity contribution in [3.05, 3.63) is 30.3 Å². The highest BCUT2D eigenvalue weighted by Gasteiger charge is 2.28. The largest absolute Gasteiger partial charge is 0.484 e. The van der Waals surface area contributed by atoms with Gasteiger partial charge in [-0.15, -0.1) is 0 Å². The SMILES string of the molecule is O=C(COc1cc[c]cc1)N1CCC(N2CCCC2)CC1. The number of benzene rings is 1. The van der Waals surface area contributed by atoms with Gasteiger partial charge in [0.05, 0.1) is 0 Å². The Morgan fingerprint density at radius 2 is 1.81 bits per heavy atom. The molecule has 0 aliphatic carbocycles. The van der Waals surface area contributed by atoms with E-state index in [1.54, 1.807) is 12.1 Å². The lowest BCUT2D eigenvalue weighted by Gasteiger charge is -2.36. The van der Waals surface area contributed by atoms with E-state index in [1.807, 2.05) is 17.0 Å². The van der Waals surface area contributed by atoms with Crippen LogP contribution in [0.4, 0.5) is 0 Å². The van der Waals surface area contributed by atoms with Gasteiger partial charge in [0.15, 0.2) is 6.61 Å². The normalized spacial score (nSPS) is 20.7. The van der Waals surface area contributed by atoms with Crippen LogP contribution in [0.1, 0.15) is 25.7 Å². The van der Waals surface area contributed by atoms with Crippen LogP contribution in [0.3, 0.4) is 0 Å². The van der Waals surface area contributed by atoms with E-state index in [2.05, 4.69) is 11.0 Å². The van der Waals surface area contributed by atoms with E-state index in [-0.39, 0.29) is 12.5 Å². The van der Waals surface area contributed by atoms with Crippen LogP contribution >= 0.6 is 0 Å². The minimum atomic E-state index is 0.0997. The maximum atomic E-state index is 12.2. The zero-order chi connectivity index (χ0) is 14.5. The van der Waals surface area contributed by atoms with E-state index in [0.29, 0.717) is 6.04 Å². The maximum absolute atomic E-state index is 12.2. The smallest absolute Gasteiger partial charge is 0.260 e. The predicted molar refractivity (Wildman–Crippen MR) is 81.2 cm³/mol. The topological polar surface area (TPSA) is 32.8 Å². The summed E-state index contributed by atoms with van der Waals surface area (Å²) < 4.78 is 5.53. The van der Waals surface area contributed by atoms with Gasteiger partial charge in [-0.3, -0.25) is 4.79 Å². The van der Waals surface area contributed by atoms with Crippen molar-refractivity contribution in [2.75, 3.05) is 32.8 Å². The zero-order valence-electron chi connectivity index (χ0n) is 12.5. The van der Waals surface area contributed by atoms with Gasteiger partial charge in [-0.05, 0) is 57.0 Å². The number of hydrogen-bond donors (Lipinski definition) is 0. The Balaban J connectivity index is 1.42. The van der Waals surface area contributed by atoms with Crippen LogP contribution < -0.4 is 4.74 Å². The summed E-state index contributed by atoms with van der Waals surface area (Å²) in [6.45, 7) is 4.36. The first-order valence-corrected chi connectivity index (χ1v) is 7.94. The molecule has 1 aromatic rings. The number of amides is 1. The second kappa shape index (κ2) is 6.94. The van der Waals surface area contributed by atoms with Crippen molar-refractivity contribution in [1.82, 2.24) is 9.80 Å². The summed E-state index contributed by atoms with van der Waals surface area (Å²) in [7, 11) is 0. The molecule has 4 nitrogen and oxygen atoms in total. The summed E-state index contributed by atoms with van der Waals surface area (Å²) >= 11 is 0. The van der Waals surface area contributed by atoms with Crippen molar-refractivity contribution in [1.29, 1.82) is 0 Å². The van der Waals surface area contributed by atoms with Crippen LogP contribution in [0, 0.1) is 6.07 Å². The average molecular weight is 287 g/mol. The molecule has 0 bridgehead atoms. The Labute approximate surface area is 126 Å². The standard InChI is InChI=1S/C17H23N2O2/c20-17(14-21-16-6-2-1-3-7-16)19-12-8-15(9-13-19)18-10-4-5-11-18/h2-3,6-7,15H,4-5,8-14H2. The molecule has 2 heterocycles.